The molecule has 2 N–H and O–H groups in total. The molecule has 0 aliphatic rings. The first-order chi connectivity index (χ1) is 9.04. The van der Waals surface area contributed by atoms with Gasteiger partial charge in [0, 0.05) is 11.6 Å². The highest BCUT2D eigenvalue weighted by atomic mass is 16.5. The Morgan fingerprint density at radius 3 is 2.47 bits per heavy atom. The lowest BCUT2D eigenvalue weighted by Crippen LogP contribution is -2.30. The smallest absolute Gasteiger partial charge is 0.338 e. The number of rotatable bonds is 6. The largest absolute Gasteiger partial charge is 0.497 e. The predicted molar refractivity (Wildman–Crippen MR) is 67.1 cm³/mol. The fourth-order valence-electron chi connectivity index (χ4n) is 1.59. The quantitative estimate of drug-likeness (QED) is 0.739. The summed E-state index contributed by atoms with van der Waals surface area (Å²) in [7, 11) is 2.92. The van der Waals surface area contributed by atoms with Crippen molar-refractivity contribution in [2.24, 2.45) is 0 Å². The Balaban J connectivity index is 2.98. The Morgan fingerprint density at radius 2 is 1.95 bits per heavy atom. The zero-order chi connectivity index (χ0) is 14.4. The van der Waals surface area contributed by atoms with E-state index in [0.29, 0.717) is 11.5 Å². The standard InChI is InChI=1S/C13H18O6/c1-4-19-13(16)12(15)11(14)9-6-5-8(17-2)7-10(9)18-3/h5-7,11-12,14-15H,4H2,1-3H3. The summed E-state index contributed by atoms with van der Waals surface area (Å²) in [6, 6.07) is 4.67. The van der Waals surface area contributed by atoms with Crippen LogP contribution in [0.1, 0.15) is 18.6 Å². The Labute approximate surface area is 111 Å². The van der Waals surface area contributed by atoms with Gasteiger partial charge in [0.1, 0.15) is 17.6 Å². The van der Waals surface area contributed by atoms with E-state index in [0.717, 1.165) is 0 Å². The highest BCUT2D eigenvalue weighted by molar-refractivity contribution is 5.75. The number of hydrogen-bond acceptors (Lipinski definition) is 6. The van der Waals surface area contributed by atoms with Crippen molar-refractivity contribution in [3.63, 3.8) is 0 Å². The van der Waals surface area contributed by atoms with Crippen molar-refractivity contribution >= 4 is 5.97 Å². The minimum absolute atomic E-state index is 0.127. The Hall–Kier alpha value is -1.79. The molecule has 2 unspecified atom stereocenters. The van der Waals surface area contributed by atoms with E-state index >= 15 is 0 Å². The van der Waals surface area contributed by atoms with Gasteiger partial charge in [-0.3, -0.25) is 0 Å². The van der Waals surface area contributed by atoms with E-state index in [4.69, 9.17) is 9.47 Å². The molecule has 1 aromatic rings. The van der Waals surface area contributed by atoms with Crippen LogP contribution < -0.4 is 9.47 Å². The third kappa shape index (κ3) is 3.59. The fourth-order valence-corrected chi connectivity index (χ4v) is 1.59. The fraction of sp³-hybridized carbons (Fsp3) is 0.462. The second-order valence-electron chi connectivity index (χ2n) is 3.75. The van der Waals surface area contributed by atoms with Crippen molar-refractivity contribution < 1.29 is 29.2 Å². The van der Waals surface area contributed by atoms with E-state index in [9.17, 15) is 15.0 Å². The molecule has 0 aliphatic carbocycles. The van der Waals surface area contributed by atoms with Gasteiger partial charge in [-0.2, -0.15) is 0 Å². The third-order valence-corrected chi connectivity index (χ3v) is 2.59. The van der Waals surface area contributed by atoms with E-state index < -0.39 is 18.2 Å². The highest BCUT2D eigenvalue weighted by Crippen LogP contribution is 2.31. The molecule has 0 saturated heterocycles. The van der Waals surface area contributed by atoms with E-state index in [-0.39, 0.29) is 12.2 Å². The number of benzene rings is 1. The van der Waals surface area contributed by atoms with Crippen LogP contribution in [0.15, 0.2) is 18.2 Å². The minimum Gasteiger partial charge on any atom is -0.497 e. The van der Waals surface area contributed by atoms with Gasteiger partial charge in [-0.1, -0.05) is 0 Å². The van der Waals surface area contributed by atoms with Crippen molar-refractivity contribution in [3.05, 3.63) is 23.8 Å². The zero-order valence-electron chi connectivity index (χ0n) is 11.1. The first kappa shape index (κ1) is 15.3. The lowest BCUT2D eigenvalue weighted by atomic mass is 10.0. The molecule has 19 heavy (non-hydrogen) atoms. The van der Waals surface area contributed by atoms with Crippen LogP contribution in [0.2, 0.25) is 0 Å². The summed E-state index contributed by atoms with van der Waals surface area (Å²) in [4.78, 5) is 11.4. The lowest BCUT2D eigenvalue weighted by molar-refractivity contribution is -0.159. The highest BCUT2D eigenvalue weighted by Gasteiger charge is 2.29. The van der Waals surface area contributed by atoms with Crippen LogP contribution in [0.25, 0.3) is 0 Å². The summed E-state index contributed by atoms with van der Waals surface area (Å²) in [6.45, 7) is 1.74. The summed E-state index contributed by atoms with van der Waals surface area (Å²) in [6.07, 6.45) is -3.10. The number of methoxy groups -OCH3 is 2. The van der Waals surface area contributed by atoms with Gasteiger partial charge < -0.3 is 24.4 Å². The molecule has 106 valence electrons. The molecule has 6 heteroatoms. The van der Waals surface area contributed by atoms with Gasteiger partial charge in [-0.05, 0) is 19.1 Å². The van der Waals surface area contributed by atoms with Gasteiger partial charge in [-0.25, -0.2) is 4.79 Å². The molecular weight excluding hydrogens is 252 g/mol. The van der Waals surface area contributed by atoms with Crippen LogP contribution in [0.4, 0.5) is 0 Å². The van der Waals surface area contributed by atoms with Crippen molar-refractivity contribution in [2.45, 2.75) is 19.1 Å². The van der Waals surface area contributed by atoms with E-state index in [2.05, 4.69) is 4.74 Å². The van der Waals surface area contributed by atoms with E-state index in [1.54, 1.807) is 19.1 Å². The van der Waals surface area contributed by atoms with Gasteiger partial charge in [0.05, 0.1) is 20.8 Å². The van der Waals surface area contributed by atoms with Gasteiger partial charge >= 0.3 is 5.97 Å². The summed E-state index contributed by atoms with van der Waals surface area (Å²) in [5.74, 6) is -0.0264. The van der Waals surface area contributed by atoms with Crippen LogP contribution in [0.3, 0.4) is 0 Å². The number of carbonyl (C=O) groups is 1. The number of aliphatic hydroxyl groups is 2. The van der Waals surface area contributed by atoms with Crippen molar-refractivity contribution in [1.29, 1.82) is 0 Å². The van der Waals surface area contributed by atoms with Gasteiger partial charge in [0.15, 0.2) is 6.10 Å². The predicted octanol–water partition coefficient (Wildman–Crippen LogP) is 0.661. The monoisotopic (exact) mass is 270 g/mol. The molecule has 6 nitrogen and oxygen atoms in total. The van der Waals surface area contributed by atoms with Crippen LogP contribution in [0.5, 0.6) is 11.5 Å². The molecule has 2 atom stereocenters. The van der Waals surface area contributed by atoms with Gasteiger partial charge in [0.25, 0.3) is 0 Å². The number of aliphatic hydroxyl groups excluding tert-OH is 2. The maximum atomic E-state index is 11.4. The first-order valence-corrected chi connectivity index (χ1v) is 5.79. The maximum Gasteiger partial charge on any atom is 0.338 e. The SMILES string of the molecule is CCOC(=O)C(O)C(O)c1ccc(OC)cc1OC. The van der Waals surface area contributed by atoms with E-state index in [1.165, 1.54) is 20.3 Å². The summed E-state index contributed by atoms with van der Waals surface area (Å²) < 4.78 is 14.8. The average molecular weight is 270 g/mol. The van der Waals surface area contributed by atoms with Crippen molar-refractivity contribution in [3.8, 4) is 11.5 Å². The molecule has 0 spiro atoms. The molecule has 0 radical (unpaired) electrons. The third-order valence-electron chi connectivity index (χ3n) is 2.59. The van der Waals surface area contributed by atoms with Crippen LogP contribution in [-0.2, 0) is 9.53 Å². The molecule has 1 aromatic carbocycles. The molecule has 0 aromatic heterocycles. The molecule has 0 saturated carbocycles. The Kier molecular flexibility index (Phi) is 5.59. The van der Waals surface area contributed by atoms with Gasteiger partial charge in [-0.15, -0.1) is 0 Å². The molecule has 0 fully saturated rings. The van der Waals surface area contributed by atoms with Crippen LogP contribution in [-0.4, -0.2) is 43.1 Å². The van der Waals surface area contributed by atoms with Crippen molar-refractivity contribution in [1.82, 2.24) is 0 Å². The van der Waals surface area contributed by atoms with E-state index in [1.807, 2.05) is 0 Å². The number of hydrogen-bond donors (Lipinski definition) is 2. The second-order valence-corrected chi connectivity index (χ2v) is 3.75. The van der Waals surface area contributed by atoms with Crippen LogP contribution in [0, 0.1) is 0 Å². The van der Waals surface area contributed by atoms with Crippen LogP contribution >= 0.6 is 0 Å². The Bertz CT molecular complexity index is 431. The molecule has 0 bridgehead atoms. The number of ether oxygens (including phenoxy) is 3. The molecule has 0 aliphatic heterocycles. The number of carbonyl (C=O) groups excluding carboxylic acids is 1. The summed E-state index contributed by atoms with van der Waals surface area (Å²) >= 11 is 0. The second kappa shape index (κ2) is 6.96. The van der Waals surface area contributed by atoms with Crippen molar-refractivity contribution in [2.75, 3.05) is 20.8 Å². The zero-order valence-corrected chi connectivity index (χ0v) is 11.1. The summed E-state index contributed by atoms with van der Waals surface area (Å²) in [5, 5.41) is 19.7. The molecular formula is C13H18O6. The summed E-state index contributed by atoms with van der Waals surface area (Å²) in [5.41, 5.74) is 0.281. The van der Waals surface area contributed by atoms with Gasteiger partial charge in [0.2, 0.25) is 0 Å². The topological polar surface area (TPSA) is 85.2 Å². The Morgan fingerprint density at radius 1 is 1.26 bits per heavy atom. The lowest BCUT2D eigenvalue weighted by Gasteiger charge is -2.19. The normalized spacial score (nSPS) is 13.5. The first-order valence-electron chi connectivity index (χ1n) is 5.79. The molecule has 0 heterocycles. The molecule has 1 rings (SSSR count). The minimum atomic E-state index is -1.66. The maximum absolute atomic E-state index is 11.4. The number of esters is 1. The average Bonchev–Trinajstić information content (AvgIpc) is 2.45. The molecule has 0 amide bonds.